The molecule has 3 nitrogen and oxygen atoms in total. The normalized spacial score (nSPS) is 18.3. The van der Waals surface area contributed by atoms with Gasteiger partial charge in [-0.1, -0.05) is 203 Å². The van der Waals surface area contributed by atoms with E-state index < -0.39 is 5.97 Å². The average Bonchev–Trinajstić information content (AvgIpc) is 1.88. The summed E-state index contributed by atoms with van der Waals surface area (Å²) in [7, 11) is 0. The molecule has 4 aromatic heterocycles. The van der Waals surface area contributed by atoms with Crippen LogP contribution in [0.4, 0.5) is 0 Å². The first-order chi connectivity index (χ1) is 39.4. The number of thiophene rings is 4. The fourth-order valence-corrected chi connectivity index (χ4v) is 19.2. The molecule has 7 heteroatoms. The number of hydrogen-bond acceptors (Lipinski definition) is 6. The van der Waals surface area contributed by atoms with Crippen LogP contribution in [0.15, 0.2) is 145 Å². The maximum Gasteiger partial charge on any atom is 0.346 e. The van der Waals surface area contributed by atoms with Gasteiger partial charge in [0, 0.05) is 61.3 Å². The summed E-state index contributed by atoms with van der Waals surface area (Å²) in [6.45, 7) is 23.4. The van der Waals surface area contributed by atoms with Gasteiger partial charge in [-0.15, -0.1) is 45.3 Å². The number of aliphatic carboxylic acids is 1. The number of allylic oxidation sites excluding steroid dienone is 6. The number of nitriles is 1. The fraction of sp³-hybridized carbons (Fsp3) is 0.360. The van der Waals surface area contributed by atoms with Crippen molar-refractivity contribution in [3.63, 3.8) is 0 Å². The Morgan fingerprint density at radius 3 is 2.05 bits per heavy atom. The molecule has 0 saturated heterocycles. The molecule has 0 radical (unpaired) electrons. The summed E-state index contributed by atoms with van der Waals surface area (Å²) in [6.07, 6.45) is 25.9. The van der Waals surface area contributed by atoms with Gasteiger partial charge in [-0.25, -0.2) is 4.79 Å². The molecule has 4 heterocycles. The molecule has 0 fully saturated rings. The van der Waals surface area contributed by atoms with Gasteiger partial charge in [-0.2, -0.15) is 5.26 Å². The lowest BCUT2D eigenvalue weighted by atomic mass is 9.62. The molecule has 3 aliphatic carbocycles. The maximum atomic E-state index is 11.5. The van der Waals surface area contributed by atoms with E-state index in [1.54, 1.807) is 11.3 Å². The predicted molar refractivity (Wildman–Crippen MR) is 354 cm³/mol. The van der Waals surface area contributed by atoms with Crippen LogP contribution in [-0.2, 0) is 34.9 Å². The molecule has 3 aliphatic rings. The number of carbonyl (C=O) groups is 1. The fourth-order valence-electron chi connectivity index (χ4n) is 14.0. The number of carboxylic acids is 1. The van der Waals surface area contributed by atoms with Crippen molar-refractivity contribution in [2.24, 2.45) is 11.3 Å². The van der Waals surface area contributed by atoms with Crippen LogP contribution < -0.4 is 0 Å². The SMILES string of the molecule is CCCCCCc1cc(-c2sc(-c3cc4sc(/C=C(C)/C=C(/C#N)C(=O)O)c(C)c4s3)cc2CCCCCC)sc1-c1ccc(CC(C)C(c2ccc3c(c2)C(C)(C)c2ccccc2-3)c2ccc3c(c2)C(C)(C)C2(C)C=CC=CC32)cc1. The molecule has 0 aliphatic heterocycles. The monoisotopic (exact) mass is 1150 g/mol. The molecule has 0 spiro atoms. The van der Waals surface area contributed by atoms with Crippen LogP contribution >= 0.6 is 45.3 Å². The molecule has 420 valence electrons. The molecular formula is C75H79NO2S4. The first kappa shape index (κ1) is 57.7. The highest BCUT2D eigenvalue weighted by atomic mass is 32.1. The summed E-state index contributed by atoms with van der Waals surface area (Å²) in [5.41, 5.74) is 18.7. The number of rotatable bonds is 21. The lowest BCUT2D eigenvalue weighted by molar-refractivity contribution is -0.132. The quantitative estimate of drug-likeness (QED) is 0.0338. The molecule has 4 unspecified atom stereocenters. The number of aryl methyl sites for hydroxylation is 3. The Labute approximate surface area is 504 Å². The number of nitrogens with zero attached hydrogens (tertiary/aromatic N) is 1. The van der Waals surface area contributed by atoms with Gasteiger partial charge in [-0.05, 0) is 166 Å². The third kappa shape index (κ3) is 10.7. The smallest absolute Gasteiger partial charge is 0.346 e. The number of carboxylic acid groups (broad SMARTS) is 1. The zero-order valence-electron chi connectivity index (χ0n) is 49.7. The van der Waals surface area contributed by atoms with Gasteiger partial charge in [0.15, 0.2) is 0 Å². The minimum absolute atomic E-state index is 0.0180. The van der Waals surface area contributed by atoms with Gasteiger partial charge >= 0.3 is 5.97 Å². The van der Waals surface area contributed by atoms with Crippen LogP contribution in [0.1, 0.15) is 186 Å². The second kappa shape index (κ2) is 23.5. The van der Waals surface area contributed by atoms with Gasteiger partial charge in [0.05, 0.1) is 0 Å². The second-order valence-electron chi connectivity index (χ2n) is 25.1. The third-order valence-corrected chi connectivity index (χ3v) is 24.3. The van der Waals surface area contributed by atoms with Crippen molar-refractivity contribution < 1.29 is 9.90 Å². The Morgan fingerprint density at radius 1 is 0.707 bits per heavy atom. The largest absolute Gasteiger partial charge is 0.477 e. The first-order valence-corrected chi connectivity index (χ1v) is 33.4. The second-order valence-corrected chi connectivity index (χ2v) is 29.4. The Kier molecular flexibility index (Phi) is 16.5. The highest BCUT2D eigenvalue weighted by molar-refractivity contribution is 7.32. The van der Waals surface area contributed by atoms with E-state index in [9.17, 15) is 15.2 Å². The van der Waals surface area contributed by atoms with E-state index in [0.29, 0.717) is 11.8 Å². The minimum atomic E-state index is -1.20. The number of unbranched alkanes of at least 4 members (excludes halogenated alkanes) is 6. The van der Waals surface area contributed by atoms with Crippen molar-refractivity contribution in [1.82, 2.24) is 0 Å². The number of hydrogen-bond donors (Lipinski definition) is 1. The van der Waals surface area contributed by atoms with Gasteiger partial charge in [0.25, 0.3) is 0 Å². The summed E-state index contributed by atoms with van der Waals surface area (Å²) in [6, 6.07) is 43.0. The highest BCUT2D eigenvalue weighted by Gasteiger charge is 2.53. The Bertz CT molecular complexity index is 3890. The third-order valence-electron chi connectivity index (χ3n) is 19.0. The molecule has 11 rings (SSSR count). The van der Waals surface area contributed by atoms with E-state index in [-0.39, 0.29) is 27.7 Å². The van der Waals surface area contributed by atoms with E-state index in [1.165, 1.54) is 164 Å². The lowest BCUT2D eigenvalue weighted by Gasteiger charge is -2.41. The van der Waals surface area contributed by atoms with Crippen LogP contribution in [0.25, 0.3) is 56.6 Å². The van der Waals surface area contributed by atoms with E-state index >= 15 is 0 Å². The van der Waals surface area contributed by atoms with E-state index in [2.05, 4.69) is 190 Å². The van der Waals surface area contributed by atoms with Crippen LogP contribution in [-0.4, -0.2) is 11.1 Å². The van der Waals surface area contributed by atoms with Crippen LogP contribution in [0.5, 0.6) is 0 Å². The topological polar surface area (TPSA) is 61.1 Å². The van der Waals surface area contributed by atoms with Gasteiger partial charge in [0.2, 0.25) is 0 Å². The molecule has 82 heavy (non-hydrogen) atoms. The summed E-state index contributed by atoms with van der Waals surface area (Å²) in [4.78, 5) is 19.5. The number of fused-ring (bicyclic) bond motifs is 7. The van der Waals surface area contributed by atoms with Crippen LogP contribution in [0, 0.1) is 29.6 Å². The first-order valence-electron chi connectivity index (χ1n) is 30.1. The Hall–Kier alpha value is -6.14. The zero-order valence-corrected chi connectivity index (χ0v) is 53.0. The molecule has 1 N–H and O–H groups in total. The van der Waals surface area contributed by atoms with Crippen molar-refractivity contribution in [2.45, 2.75) is 163 Å². The average molecular weight is 1150 g/mol. The van der Waals surface area contributed by atoms with Crippen LogP contribution in [0.3, 0.4) is 0 Å². The minimum Gasteiger partial charge on any atom is -0.477 e. The summed E-state index contributed by atoms with van der Waals surface area (Å²) >= 11 is 7.57. The molecule has 4 atom stereocenters. The Balaban J connectivity index is 0.919. The lowest BCUT2D eigenvalue weighted by Crippen LogP contribution is -2.36. The van der Waals surface area contributed by atoms with Gasteiger partial charge in [0.1, 0.15) is 11.6 Å². The summed E-state index contributed by atoms with van der Waals surface area (Å²) < 4.78 is 2.52. The molecule has 8 aromatic rings. The number of benzene rings is 4. The van der Waals surface area contributed by atoms with Crippen molar-refractivity contribution in [2.75, 3.05) is 0 Å². The molecule has 0 amide bonds. The standard InChI is InChI=1S/C75H79NO2S4/c1-11-13-15-17-23-53-43-66(71-54(24-18-16-14-12-2)42-64(81-71)65-44-67-69(80-65)48(5)63(79-67)38-46(3)37-55(45-76)72(77)78)82-70(53)50-30-28-49(29-31-50)39-47(4)68(51-32-34-57-56-25-19-20-26-59(56)73(6,7)61(57)40-51)52-33-35-58-60-27-21-22-36-75(60,10)74(8,9)62(58)41-52/h19-22,25-38,40-44,47,60,68H,11-18,23-24,39H2,1-10H3,(H,77,78)/b46-38+,55-37-. The zero-order chi connectivity index (χ0) is 57.7. The van der Waals surface area contributed by atoms with Crippen LogP contribution in [0.2, 0.25) is 0 Å². The highest BCUT2D eigenvalue weighted by Crippen LogP contribution is 2.62. The van der Waals surface area contributed by atoms with E-state index in [4.69, 9.17) is 0 Å². The van der Waals surface area contributed by atoms with Crippen molar-refractivity contribution in [3.05, 3.63) is 205 Å². The molecule has 0 bridgehead atoms. The van der Waals surface area contributed by atoms with E-state index in [1.807, 2.05) is 53.1 Å². The Morgan fingerprint density at radius 2 is 1.35 bits per heavy atom. The maximum absolute atomic E-state index is 11.5. The van der Waals surface area contributed by atoms with Gasteiger partial charge in [-0.3, -0.25) is 0 Å². The molecular weight excluding hydrogens is 1080 g/mol. The van der Waals surface area contributed by atoms with Gasteiger partial charge < -0.3 is 5.11 Å². The summed E-state index contributed by atoms with van der Waals surface area (Å²) in [5, 5.41) is 18.8. The van der Waals surface area contributed by atoms with Crippen molar-refractivity contribution in [3.8, 4) is 47.1 Å². The predicted octanol–water partition coefficient (Wildman–Crippen LogP) is 22.4. The van der Waals surface area contributed by atoms with E-state index in [0.717, 1.165) is 29.7 Å². The van der Waals surface area contributed by atoms with Crippen molar-refractivity contribution in [1.29, 1.82) is 5.26 Å². The van der Waals surface area contributed by atoms with Crippen molar-refractivity contribution >= 4 is 66.8 Å². The molecule has 0 saturated carbocycles. The summed E-state index contributed by atoms with van der Waals surface area (Å²) in [5.74, 6) is -0.280. The molecule has 4 aromatic carbocycles.